The number of benzene rings is 1. The predicted molar refractivity (Wildman–Crippen MR) is 78.1 cm³/mol. The summed E-state index contributed by atoms with van der Waals surface area (Å²) in [4.78, 5) is 8.50. The van der Waals surface area contributed by atoms with Crippen LogP contribution in [0.25, 0.3) is 22.0 Å². The minimum Gasteiger partial charge on any atom is -0.493 e. The normalized spacial score (nSPS) is 10.5. The van der Waals surface area contributed by atoms with Crippen LogP contribution in [0.4, 0.5) is 0 Å². The molecule has 100 valence electrons. The average molecular weight is 266 g/mol. The second-order valence-electron chi connectivity index (χ2n) is 4.36. The largest absolute Gasteiger partial charge is 0.493 e. The molecule has 2 heterocycles. The lowest BCUT2D eigenvalue weighted by atomic mass is 10.1. The van der Waals surface area contributed by atoms with Crippen LogP contribution in [0.15, 0.2) is 48.9 Å². The molecule has 4 heteroatoms. The van der Waals surface area contributed by atoms with Crippen LogP contribution < -0.4 is 9.47 Å². The Labute approximate surface area is 117 Å². The molecule has 3 rings (SSSR count). The summed E-state index contributed by atoms with van der Waals surface area (Å²) >= 11 is 0. The zero-order valence-electron chi connectivity index (χ0n) is 11.3. The van der Waals surface area contributed by atoms with E-state index in [2.05, 4.69) is 9.97 Å². The number of ether oxygens (including phenoxy) is 2. The van der Waals surface area contributed by atoms with E-state index in [9.17, 15) is 0 Å². The molecule has 0 atom stereocenters. The lowest BCUT2D eigenvalue weighted by Crippen LogP contribution is -1.91. The fourth-order valence-electron chi connectivity index (χ4n) is 2.15. The first-order valence-electron chi connectivity index (χ1n) is 6.24. The Morgan fingerprint density at radius 3 is 2.15 bits per heavy atom. The molecule has 0 saturated heterocycles. The van der Waals surface area contributed by atoms with Gasteiger partial charge in [0.2, 0.25) is 0 Å². The zero-order valence-corrected chi connectivity index (χ0v) is 11.3. The highest BCUT2D eigenvalue weighted by molar-refractivity contribution is 5.88. The van der Waals surface area contributed by atoms with Gasteiger partial charge in [0, 0.05) is 29.5 Å². The number of nitrogens with zero attached hydrogens (tertiary/aromatic N) is 2. The summed E-state index contributed by atoms with van der Waals surface area (Å²) in [7, 11) is 3.26. The van der Waals surface area contributed by atoms with Gasteiger partial charge in [0.05, 0.1) is 19.9 Å². The SMILES string of the molecule is COc1cc2cnc(-c3ccncc3)cc2cc1OC. The van der Waals surface area contributed by atoms with Crippen LogP contribution in [-0.4, -0.2) is 24.2 Å². The highest BCUT2D eigenvalue weighted by atomic mass is 16.5. The summed E-state index contributed by atoms with van der Waals surface area (Å²) in [5.41, 5.74) is 1.95. The maximum Gasteiger partial charge on any atom is 0.161 e. The van der Waals surface area contributed by atoms with Gasteiger partial charge in [0.25, 0.3) is 0 Å². The molecule has 0 aliphatic heterocycles. The minimum atomic E-state index is 0.707. The van der Waals surface area contributed by atoms with E-state index >= 15 is 0 Å². The van der Waals surface area contributed by atoms with Gasteiger partial charge in [0.15, 0.2) is 11.5 Å². The second kappa shape index (κ2) is 5.17. The minimum absolute atomic E-state index is 0.707. The number of pyridine rings is 2. The molecule has 0 aliphatic carbocycles. The van der Waals surface area contributed by atoms with Crippen molar-refractivity contribution in [3.05, 3.63) is 48.9 Å². The van der Waals surface area contributed by atoms with Crippen molar-refractivity contribution in [2.75, 3.05) is 14.2 Å². The average Bonchev–Trinajstić information content (AvgIpc) is 2.53. The van der Waals surface area contributed by atoms with E-state index in [-0.39, 0.29) is 0 Å². The maximum absolute atomic E-state index is 5.33. The molecule has 2 aromatic heterocycles. The third-order valence-corrected chi connectivity index (χ3v) is 3.20. The standard InChI is InChI=1S/C16H14N2O2/c1-19-15-8-12-7-14(11-3-5-17-6-4-11)18-10-13(12)9-16(15)20-2/h3-10H,1-2H3. The van der Waals surface area contributed by atoms with Crippen LogP contribution in [0.3, 0.4) is 0 Å². The van der Waals surface area contributed by atoms with E-state index in [0.29, 0.717) is 11.5 Å². The second-order valence-corrected chi connectivity index (χ2v) is 4.36. The molecule has 0 saturated carbocycles. The van der Waals surface area contributed by atoms with Crippen molar-refractivity contribution in [1.29, 1.82) is 0 Å². The molecule has 1 aromatic carbocycles. The molecule has 0 radical (unpaired) electrons. The Morgan fingerprint density at radius 2 is 1.50 bits per heavy atom. The lowest BCUT2D eigenvalue weighted by Gasteiger charge is -2.10. The molecule has 0 spiro atoms. The summed E-state index contributed by atoms with van der Waals surface area (Å²) in [6, 6.07) is 9.80. The molecule has 0 unspecified atom stereocenters. The van der Waals surface area contributed by atoms with Crippen molar-refractivity contribution < 1.29 is 9.47 Å². The van der Waals surface area contributed by atoms with Crippen molar-refractivity contribution in [2.45, 2.75) is 0 Å². The van der Waals surface area contributed by atoms with Crippen LogP contribution in [0.5, 0.6) is 11.5 Å². The quantitative estimate of drug-likeness (QED) is 0.729. The van der Waals surface area contributed by atoms with Gasteiger partial charge in [-0.25, -0.2) is 0 Å². The fourth-order valence-corrected chi connectivity index (χ4v) is 2.15. The maximum atomic E-state index is 5.33. The van der Waals surface area contributed by atoms with Crippen LogP contribution in [0.2, 0.25) is 0 Å². The van der Waals surface area contributed by atoms with Crippen LogP contribution in [0.1, 0.15) is 0 Å². The highest BCUT2D eigenvalue weighted by Gasteiger charge is 2.07. The summed E-state index contributed by atoms with van der Waals surface area (Å²) < 4.78 is 10.6. The third-order valence-electron chi connectivity index (χ3n) is 3.20. The fraction of sp³-hybridized carbons (Fsp3) is 0.125. The van der Waals surface area contributed by atoms with Crippen molar-refractivity contribution in [3.63, 3.8) is 0 Å². The lowest BCUT2D eigenvalue weighted by molar-refractivity contribution is 0.356. The molecule has 4 nitrogen and oxygen atoms in total. The van der Waals surface area contributed by atoms with E-state index in [4.69, 9.17) is 9.47 Å². The first-order valence-corrected chi connectivity index (χ1v) is 6.24. The summed E-state index contributed by atoms with van der Waals surface area (Å²) in [6.07, 6.45) is 5.36. The van der Waals surface area contributed by atoms with E-state index < -0.39 is 0 Å². The number of fused-ring (bicyclic) bond motifs is 1. The number of rotatable bonds is 3. The molecule has 0 aliphatic rings. The predicted octanol–water partition coefficient (Wildman–Crippen LogP) is 3.31. The topological polar surface area (TPSA) is 44.2 Å². The monoisotopic (exact) mass is 266 g/mol. The highest BCUT2D eigenvalue weighted by Crippen LogP contribution is 2.33. The Morgan fingerprint density at radius 1 is 0.850 bits per heavy atom. The van der Waals surface area contributed by atoms with Crippen LogP contribution >= 0.6 is 0 Å². The molecule has 0 bridgehead atoms. The molecule has 3 aromatic rings. The van der Waals surface area contributed by atoms with Crippen molar-refractivity contribution in [2.24, 2.45) is 0 Å². The molecular weight excluding hydrogens is 252 g/mol. The Bertz CT molecular complexity index is 742. The van der Waals surface area contributed by atoms with Crippen molar-refractivity contribution >= 4 is 10.8 Å². The zero-order chi connectivity index (χ0) is 13.9. The summed E-state index contributed by atoms with van der Waals surface area (Å²) in [5.74, 6) is 1.42. The van der Waals surface area contributed by atoms with Crippen molar-refractivity contribution in [3.8, 4) is 22.8 Å². The first kappa shape index (κ1) is 12.4. The molecule has 0 amide bonds. The Hall–Kier alpha value is -2.62. The van der Waals surface area contributed by atoms with E-state index in [1.165, 1.54) is 0 Å². The first-order chi connectivity index (χ1) is 9.81. The van der Waals surface area contributed by atoms with Gasteiger partial charge < -0.3 is 9.47 Å². The number of aromatic nitrogens is 2. The summed E-state index contributed by atoms with van der Waals surface area (Å²) in [5, 5.41) is 2.07. The molecular formula is C16H14N2O2. The van der Waals surface area contributed by atoms with Gasteiger partial charge in [-0.2, -0.15) is 0 Å². The molecule has 0 fully saturated rings. The van der Waals surface area contributed by atoms with E-state index in [0.717, 1.165) is 22.0 Å². The number of hydrogen-bond acceptors (Lipinski definition) is 4. The summed E-state index contributed by atoms with van der Waals surface area (Å²) in [6.45, 7) is 0. The van der Waals surface area contributed by atoms with E-state index in [1.807, 2.05) is 36.5 Å². The van der Waals surface area contributed by atoms with Crippen LogP contribution in [0, 0.1) is 0 Å². The van der Waals surface area contributed by atoms with Crippen LogP contribution in [-0.2, 0) is 0 Å². The third kappa shape index (κ3) is 2.16. The smallest absolute Gasteiger partial charge is 0.161 e. The van der Waals surface area contributed by atoms with E-state index in [1.54, 1.807) is 26.6 Å². The molecule has 20 heavy (non-hydrogen) atoms. The Balaban J connectivity index is 2.16. The Kier molecular flexibility index (Phi) is 3.21. The van der Waals surface area contributed by atoms with Gasteiger partial charge in [0.1, 0.15) is 0 Å². The number of methoxy groups -OCH3 is 2. The van der Waals surface area contributed by atoms with Gasteiger partial charge >= 0.3 is 0 Å². The van der Waals surface area contributed by atoms with Gasteiger partial charge in [-0.3, -0.25) is 9.97 Å². The molecule has 0 N–H and O–H groups in total. The van der Waals surface area contributed by atoms with Crippen molar-refractivity contribution in [1.82, 2.24) is 9.97 Å². The van der Waals surface area contributed by atoms with Gasteiger partial charge in [-0.1, -0.05) is 0 Å². The van der Waals surface area contributed by atoms with Gasteiger partial charge in [-0.15, -0.1) is 0 Å². The van der Waals surface area contributed by atoms with Gasteiger partial charge in [-0.05, 0) is 35.7 Å². The number of hydrogen-bond donors (Lipinski definition) is 0.